The van der Waals surface area contributed by atoms with Crippen LogP contribution in [0, 0.1) is 0 Å². The summed E-state index contributed by atoms with van der Waals surface area (Å²) in [5.74, 6) is 0.656. The zero-order valence-corrected chi connectivity index (χ0v) is 20.2. The highest BCUT2D eigenvalue weighted by Crippen LogP contribution is 2.31. The molecule has 0 bridgehead atoms. The molecule has 0 aromatic carbocycles. The fraction of sp³-hybridized carbons (Fsp3) is 0.739. The number of carbonyl (C=O) groups is 2. The summed E-state index contributed by atoms with van der Waals surface area (Å²) in [6.07, 6.45) is 8.28. The fourth-order valence-corrected chi connectivity index (χ4v) is 4.85. The van der Waals surface area contributed by atoms with Crippen molar-refractivity contribution >= 4 is 23.4 Å². The fourth-order valence-electron chi connectivity index (χ4n) is 4.66. The Labute approximate surface area is 196 Å². The van der Waals surface area contributed by atoms with Gasteiger partial charge in [0.25, 0.3) is 5.91 Å². The SMILES string of the molecule is CNC1(Cl)C=CC(C(=O)N[C@H]2CCN(CCCC(=O)N3CCCC3)C[C@H]2OC)=C(OC)C1. The molecule has 2 fully saturated rings. The molecule has 32 heavy (non-hydrogen) atoms. The Morgan fingerprint density at radius 1 is 1.25 bits per heavy atom. The normalized spacial score (nSPS) is 28.8. The van der Waals surface area contributed by atoms with Crippen molar-refractivity contribution in [3.63, 3.8) is 0 Å². The van der Waals surface area contributed by atoms with Gasteiger partial charge in [-0.3, -0.25) is 14.9 Å². The molecule has 2 aliphatic heterocycles. The second-order valence-corrected chi connectivity index (χ2v) is 9.47. The van der Waals surface area contributed by atoms with Crippen molar-refractivity contribution in [2.45, 2.75) is 55.7 Å². The molecule has 2 N–H and O–H groups in total. The Balaban J connectivity index is 1.49. The van der Waals surface area contributed by atoms with E-state index >= 15 is 0 Å². The third kappa shape index (κ3) is 6.25. The number of hydrogen-bond donors (Lipinski definition) is 2. The highest BCUT2D eigenvalue weighted by Gasteiger charge is 2.34. The molecular formula is C23H37ClN4O4. The first-order chi connectivity index (χ1) is 15.4. The molecule has 8 nitrogen and oxygen atoms in total. The number of nitrogens with one attached hydrogen (secondary N) is 2. The minimum absolute atomic E-state index is 0.0824. The van der Waals surface area contributed by atoms with Crippen LogP contribution >= 0.6 is 11.6 Å². The molecule has 0 radical (unpaired) electrons. The van der Waals surface area contributed by atoms with Gasteiger partial charge < -0.3 is 24.6 Å². The average Bonchev–Trinajstić information content (AvgIpc) is 3.34. The summed E-state index contributed by atoms with van der Waals surface area (Å²) in [6.45, 7) is 4.28. The van der Waals surface area contributed by atoms with E-state index in [0.717, 1.165) is 58.4 Å². The lowest BCUT2D eigenvalue weighted by Gasteiger charge is -2.38. The van der Waals surface area contributed by atoms with Gasteiger partial charge in [0.2, 0.25) is 5.91 Å². The van der Waals surface area contributed by atoms with Crippen LogP contribution in [0.25, 0.3) is 0 Å². The highest BCUT2D eigenvalue weighted by atomic mass is 35.5. The smallest absolute Gasteiger partial charge is 0.254 e. The molecule has 0 aromatic heterocycles. The van der Waals surface area contributed by atoms with Gasteiger partial charge in [-0.05, 0) is 51.4 Å². The molecule has 180 valence electrons. The second-order valence-electron chi connectivity index (χ2n) is 8.80. The molecule has 0 spiro atoms. The molecule has 2 heterocycles. The van der Waals surface area contributed by atoms with E-state index in [-0.39, 0.29) is 24.0 Å². The lowest BCUT2D eigenvalue weighted by atomic mass is 9.97. The van der Waals surface area contributed by atoms with Gasteiger partial charge in [-0.2, -0.15) is 0 Å². The second kappa shape index (κ2) is 11.5. The van der Waals surface area contributed by atoms with E-state index in [1.54, 1.807) is 33.4 Å². The summed E-state index contributed by atoms with van der Waals surface area (Å²) in [4.78, 5) is 28.8. The Kier molecular flexibility index (Phi) is 8.99. The Bertz CT molecular complexity index is 738. The standard InChI is InChI=1S/C23H37ClN4O4/c1-25-23(24)10-8-17(19(15-23)31-2)22(30)26-18-9-14-27(16-20(18)32-3)11-6-7-21(29)28-12-4-5-13-28/h8,10,18,20,25H,4-7,9,11-16H2,1-3H3,(H,26,30)/t18-,20+,23?/m0/s1. The minimum atomic E-state index is -0.744. The monoisotopic (exact) mass is 468 g/mol. The molecule has 0 aromatic rings. The quantitative estimate of drug-likeness (QED) is 0.395. The number of methoxy groups -OCH3 is 2. The van der Waals surface area contributed by atoms with E-state index < -0.39 is 5.00 Å². The predicted octanol–water partition coefficient (Wildman–Crippen LogP) is 1.61. The molecular weight excluding hydrogens is 432 g/mol. The highest BCUT2D eigenvalue weighted by molar-refractivity contribution is 6.25. The number of alkyl halides is 1. The van der Waals surface area contributed by atoms with Crippen LogP contribution in [0.4, 0.5) is 0 Å². The lowest BCUT2D eigenvalue weighted by molar-refractivity contribution is -0.130. The average molecular weight is 469 g/mol. The molecule has 0 saturated carbocycles. The lowest BCUT2D eigenvalue weighted by Crippen LogP contribution is -2.55. The van der Waals surface area contributed by atoms with Crippen molar-refractivity contribution in [3.8, 4) is 0 Å². The van der Waals surface area contributed by atoms with Crippen LogP contribution in [0.5, 0.6) is 0 Å². The maximum Gasteiger partial charge on any atom is 0.254 e. The van der Waals surface area contributed by atoms with Gasteiger partial charge in [0.1, 0.15) is 10.8 Å². The third-order valence-corrected chi connectivity index (χ3v) is 7.17. The van der Waals surface area contributed by atoms with Crippen molar-refractivity contribution in [1.82, 2.24) is 20.4 Å². The zero-order valence-electron chi connectivity index (χ0n) is 19.5. The van der Waals surface area contributed by atoms with E-state index in [9.17, 15) is 9.59 Å². The van der Waals surface area contributed by atoms with Gasteiger partial charge in [-0.15, -0.1) is 0 Å². The number of rotatable bonds is 9. The summed E-state index contributed by atoms with van der Waals surface area (Å²) in [5.41, 5.74) is 0.497. The van der Waals surface area contributed by atoms with Crippen LogP contribution in [0.2, 0.25) is 0 Å². The summed E-state index contributed by atoms with van der Waals surface area (Å²) in [7, 11) is 5.01. The number of ether oxygens (including phenoxy) is 2. The van der Waals surface area contributed by atoms with Crippen LogP contribution < -0.4 is 10.6 Å². The van der Waals surface area contributed by atoms with E-state index in [2.05, 4.69) is 15.5 Å². The molecule has 3 atom stereocenters. The van der Waals surface area contributed by atoms with Crippen molar-refractivity contribution < 1.29 is 19.1 Å². The van der Waals surface area contributed by atoms with Crippen molar-refractivity contribution in [3.05, 3.63) is 23.5 Å². The maximum absolute atomic E-state index is 13.0. The molecule has 2 saturated heterocycles. The topological polar surface area (TPSA) is 83.1 Å². The zero-order chi connectivity index (χ0) is 23.1. The molecule has 2 amide bonds. The number of halogens is 1. The van der Waals surface area contributed by atoms with Crippen LogP contribution in [-0.2, 0) is 19.1 Å². The summed E-state index contributed by atoms with van der Waals surface area (Å²) >= 11 is 6.46. The third-order valence-electron chi connectivity index (χ3n) is 6.73. The van der Waals surface area contributed by atoms with Gasteiger partial charge in [0, 0.05) is 46.1 Å². The van der Waals surface area contributed by atoms with Crippen molar-refractivity contribution in [2.24, 2.45) is 0 Å². The molecule has 1 unspecified atom stereocenters. The van der Waals surface area contributed by atoms with Gasteiger partial charge in [-0.1, -0.05) is 11.6 Å². The first kappa shape index (κ1) is 25.0. The van der Waals surface area contributed by atoms with Crippen molar-refractivity contribution in [1.29, 1.82) is 0 Å². The van der Waals surface area contributed by atoms with Crippen LogP contribution in [0.1, 0.15) is 38.5 Å². The first-order valence-corrected chi connectivity index (χ1v) is 11.9. The van der Waals surface area contributed by atoms with E-state index in [1.165, 1.54) is 0 Å². The number of likely N-dealkylation sites (tertiary alicyclic amines) is 2. The number of likely N-dealkylation sites (N-methyl/N-ethyl adjacent to an activating group) is 1. The largest absolute Gasteiger partial charge is 0.500 e. The minimum Gasteiger partial charge on any atom is -0.500 e. The van der Waals surface area contributed by atoms with Gasteiger partial charge in [0.05, 0.1) is 24.8 Å². The summed E-state index contributed by atoms with van der Waals surface area (Å²) in [6, 6.07) is -0.0824. The number of carbonyl (C=O) groups excluding carboxylic acids is 2. The Morgan fingerprint density at radius 3 is 2.66 bits per heavy atom. The van der Waals surface area contributed by atoms with Gasteiger partial charge >= 0.3 is 0 Å². The summed E-state index contributed by atoms with van der Waals surface area (Å²) in [5, 5.41) is 6.16. The molecule has 3 aliphatic rings. The maximum atomic E-state index is 13.0. The molecule has 9 heteroatoms. The Hall–Kier alpha value is -1.61. The van der Waals surface area contributed by atoms with E-state index in [0.29, 0.717) is 24.2 Å². The van der Waals surface area contributed by atoms with E-state index in [4.69, 9.17) is 21.1 Å². The first-order valence-electron chi connectivity index (χ1n) is 11.6. The number of piperidine rings is 1. The Morgan fingerprint density at radius 2 is 2.00 bits per heavy atom. The van der Waals surface area contributed by atoms with Crippen LogP contribution in [-0.4, -0.2) is 92.7 Å². The van der Waals surface area contributed by atoms with Gasteiger partial charge in [-0.25, -0.2) is 0 Å². The van der Waals surface area contributed by atoms with Crippen molar-refractivity contribution in [2.75, 3.05) is 54.0 Å². The predicted molar refractivity (Wildman–Crippen MR) is 124 cm³/mol. The number of nitrogens with zero attached hydrogens (tertiary/aromatic N) is 2. The van der Waals surface area contributed by atoms with Crippen LogP contribution in [0.3, 0.4) is 0 Å². The molecule has 3 rings (SSSR count). The number of hydrogen-bond acceptors (Lipinski definition) is 6. The summed E-state index contributed by atoms with van der Waals surface area (Å²) < 4.78 is 11.2. The van der Waals surface area contributed by atoms with Crippen LogP contribution in [0.15, 0.2) is 23.5 Å². The van der Waals surface area contributed by atoms with E-state index in [1.807, 2.05) is 4.90 Å². The molecule has 1 aliphatic carbocycles. The number of amides is 2. The van der Waals surface area contributed by atoms with Gasteiger partial charge in [0.15, 0.2) is 0 Å².